The Morgan fingerprint density at radius 2 is 2.16 bits per heavy atom. The summed E-state index contributed by atoms with van der Waals surface area (Å²) in [6, 6.07) is 5.81. The minimum Gasteiger partial charge on any atom is -0.366 e. The summed E-state index contributed by atoms with van der Waals surface area (Å²) in [5, 5.41) is 0. The van der Waals surface area contributed by atoms with Gasteiger partial charge in [-0.1, -0.05) is 25.8 Å². The monoisotopic (exact) mass is 264 g/mol. The highest BCUT2D eigenvalue weighted by molar-refractivity contribution is 5.50. The van der Waals surface area contributed by atoms with Gasteiger partial charge in [0.1, 0.15) is 5.82 Å². The van der Waals surface area contributed by atoms with Crippen LogP contribution in [0.1, 0.15) is 57.6 Å². The van der Waals surface area contributed by atoms with Crippen LogP contribution in [0, 0.1) is 5.82 Å². The third-order valence-electron chi connectivity index (χ3n) is 4.16. The van der Waals surface area contributed by atoms with E-state index in [4.69, 9.17) is 5.73 Å². The van der Waals surface area contributed by atoms with Crippen molar-refractivity contribution in [1.29, 1.82) is 0 Å². The fourth-order valence-electron chi connectivity index (χ4n) is 2.96. The molecule has 3 heteroatoms. The number of halogens is 1. The van der Waals surface area contributed by atoms with Crippen molar-refractivity contribution in [2.24, 2.45) is 5.73 Å². The van der Waals surface area contributed by atoms with Gasteiger partial charge in [-0.25, -0.2) is 4.39 Å². The van der Waals surface area contributed by atoms with Gasteiger partial charge in [-0.15, -0.1) is 0 Å². The number of hydrogen-bond donors (Lipinski definition) is 1. The van der Waals surface area contributed by atoms with Crippen molar-refractivity contribution in [3.63, 3.8) is 0 Å². The molecule has 2 N–H and O–H groups in total. The minimum atomic E-state index is -0.129. The van der Waals surface area contributed by atoms with Gasteiger partial charge in [0.2, 0.25) is 0 Å². The maximum Gasteiger partial charge on any atom is 0.146 e. The Kier molecular flexibility index (Phi) is 4.81. The van der Waals surface area contributed by atoms with Gasteiger partial charge in [-0.2, -0.15) is 0 Å². The van der Waals surface area contributed by atoms with Crippen molar-refractivity contribution >= 4 is 5.69 Å². The number of rotatable bonds is 3. The van der Waals surface area contributed by atoms with Gasteiger partial charge in [0, 0.05) is 18.6 Å². The number of benzene rings is 1. The topological polar surface area (TPSA) is 29.3 Å². The lowest BCUT2D eigenvalue weighted by Gasteiger charge is -2.32. The molecule has 1 saturated heterocycles. The van der Waals surface area contributed by atoms with Crippen molar-refractivity contribution in [3.05, 3.63) is 29.6 Å². The lowest BCUT2D eigenvalue weighted by atomic mass is 10.0. The van der Waals surface area contributed by atoms with Gasteiger partial charge < -0.3 is 10.6 Å². The van der Waals surface area contributed by atoms with Crippen LogP contribution >= 0.6 is 0 Å². The van der Waals surface area contributed by atoms with E-state index >= 15 is 0 Å². The predicted octanol–water partition coefficient (Wildman–Crippen LogP) is 4.00. The molecule has 0 spiro atoms. The molecule has 2 rings (SSSR count). The van der Waals surface area contributed by atoms with Gasteiger partial charge >= 0.3 is 0 Å². The Hall–Kier alpha value is -1.09. The molecule has 2 atom stereocenters. The molecule has 1 aliphatic rings. The normalized spacial score (nSPS) is 22.1. The van der Waals surface area contributed by atoms with E-state index in [1.54, 1.807) is 6.07 Å². The first-order chi connectivity index (χ1) is 9.13. The molecular formula is C16H25FN2. The molecule has 1 fully saturated rings. The summed E-state index contributed by atoms with van der Waals surface area (Å²) >= 11 is 0. The summed E-state index contributed by atoms with van der Waals surface area (Å²) in [7, 11) is 0. The molecule has 0 saturated carbocycles. The molecule has 0 aromatic heterocycles. The van der Waals surface area contributed by atoms with Crippen LogP contribution in [0.25, 0.3) is 0 Å². The second-order valence-corrected chi connectivity index (χ2v) is 5.60. The van der Waals surface area contributed by atoms with Gasteiger partial charge in [-0.05, 0) is 43.9 Å². The van der Waals surface area contributed by atoms with E-state index in [0.29, 0.717) is 6.04 Å². The number of anilines is 1. The van der Waals surface area contributed by atoms with Crippen LogP contribution < -0.4 is 10.6 Å². The number of nitrogens with zero attached hydrogens (tertiary/aromatic N) is 1. The van der Waals surface area contributed by atoms with Crippen molar-refractivity contribution in [1.82, 2.24) is 0 Å². The van der Waals surface area contributed by atoms with Crippen LogP contribution in [0.2, 0.25) is 0 Å². The van der Waals surface area contributed by atoms with Gasteiger partial charge in [0.25, 0.3) is 0 Å². The van der Waals surface area contributed by atoms with Crippen LogP contribution in [0.3, 0.4) is 0 Å². The summed E-state index contributed by atoms with van der Waals surface area (Å²) < 4.78 is 14.3. The summed E-state index contributed by atoms with van der Waals surface area (Å²) in [4.78, 5) is 2.26. The maximum absolute atomic E-state index is 14.3. The molecule has 1 aromatic carbocycles. The quantitative estimate of drug-likeness (QED) is 0.894. The molecule has 1 heterocycles. The Labute approximate surface area is 115 Å². The fourth-order valence-corrected chi connectivity index (χ4v) is 2.96. The summed E-state index contributed by atoms with van der Waals surface area (Å²) in [5.41, 5.74) is 7.42. The van der Waals surface area contributed by atoms with E-state index in [9.17, 15) is 4.39 Å². The van der Waals surface area contributed by atoms with Crippen LogP contribution in [-0.2, 0) is 0 Å². The van der Waals surface area contributed by atoms with Crippen LogP contribution in [0.5, 0.6) is 0 Å². The van der Waals surface area contributed by atoms with Gasteiger partial charge in [0.05, 0.1) is 5.69 Å². The first-order valence-electron chi connectivity index (χ1n) is 7.45. The lowest BCUT2D eigenvalue weighted by Crippen LogP contribution is -2.35. The fraction of sp³-hybridized carbons (Fsp3) is 0.625. The Balaban J connectivity index is 2.28. The molecular weight excluding hydrogens is 239 g/mol. The van der Waals surface area contributed by atoms with E-state index in [0.717, 1.165) is 30.6 Å². The number of hydrogen-bond acceptors (Lipinski definition) is 2. The van der Waals surface area contributed by atoms with E-state index in [-0.39, 0.29) is 11.9 Å². The highest BCUT2D eigenvalue weighted by atomic mass is 19.1. The van der Waals surface area contributed by atoms with Crippen molar-refractivity contribution in [3.8, 4) is 0 Å². The summed E-state index contributed by atoms with van der Waals surface area (Å²) in [6.07, 6.45) is 5.92. The average molecular weight is 264 g/mol. The molecule has 2 unspecified atom stereocenters. The largest absolute Gasteiger partial charge is 0.366 e. The smallest absolute Gasteiger partial charge is 0.146 e. The third-order valence-corrected chi connectivity index (χ3v) is 4.16. The SMILES string of the molecule is CCC1CCCCCN1c1ccc(C(C)N)cc1F. The number of nitrogens with two attached hydrogens (primary N) is 1. The standard InChI is InChI=1S/C16H25FN2/c1-3-14-7-5-4-6-10-19(14)16-9-8-13(12(2)18)11-15(16)17/h8-9,11-12,14H,3-7,10,18H2,1-2H3. The van der Waals surface area contributed by atoms with Gasteiger partial charge in [-0.3, -0.25) is 0 Å². The first-order valence-corrected chi connectivity index (χ1v) is 7.45. The average Bonchev–Trinajstić information content (AvgIpc) is 2.63. The zero-order valence-electron chi connectivity index (χ0n) is 12.0. The molecule has 0 amide bonds. The third kappa shape index (κ3) is 3.27. The molecule has 1 aliphatic heterocycles. The van der Waals surface area contributed by atoms with Crippen LogP contribution in [0.4, 0.5) is 10.1 Å². The second-order valence-electron chi connectivity index (χ2n) is 5.60. The highest BCUT2D eigenvalue weighted by Crippen LogP contribution is 2.29. The molecule has 2 nitrogen and oxygen atoms in total. The van der Waals surface area contributed by atoms with Crippen LogP contribution in [-0.4, -0.2) is 12.6 Å². The minimum absolute atomic E-state index is 0.116. The zero-order valence-corrected chi connectivity index (χ0v) is 12.0. The van der Waals surface area contributed by atoms with E-state index in [1.165, 1.54) is 19.3 Å². The zero-order chi connectivity index (χ0) is 13.8. The highest BCUT2D eigenvalue weighted by Gasteiger charge is 2.22. The molecule has 19 heavy (non-hydrogen) atoms. The van der Waals surface area contributed by atoms with Crippen molar-refractivity contribution in [2.75, 3.05) is 11.4 Å². The van der Waals surface area contributed by atoms with E-state index in [1.807, 2.05) is 19.1 Å². The summed E-state index contributed by atoms with van der Waals surface area (Å²) in [6.45, 7) is 5.04. The lowest BCUT2D eigenvalue weighted by molar-refractivity contribution is 0.539. The van der Waals surface area contributed by atoms with E-state index in [2.05, 4.69) is 11.8 Å². The Morgan fingerprint density at radius 1 is 1.37 bits per heavy atom. The molecule has 0 radical (unpaired) electrons. The van der Waals surface area contributed by atoms with Gasteiger partial charge in [0.15, 0.2) is 0 Å². The Morgan fingerprint density at radius 3 is 2.79 bits per heavy atom. The second kappa shape index (κ2) is 6.38. The predicted molar refractivity (Wildman–Crippen MR) is 78.9 cm³/mol. The maximum atomic E-state index is 14.3. The first kappa shape index (κ1) is 14.3. The van der Waals surface area contributed by atoms with E-state index < -0.39 is 0 Å². The molecule has 0 bridgehead atoms. The van der Waals surface area contributed by atoms with Crippen LogP contribution in [0.15, 0.2) is 18.2 Å². The molecule has 1 aromatic rings. The van der Waals surface area contributed by atoms with Crippen molar-refractivity contribution < 1.29 is 4.39 Å². The Bertz CT molecular complexity index is 417. The summed E-state index contributed by atoms with van der Waals surface area (Å²) in [5.74, 6) is -0.129. The molecule has 0 aliphatic carbocycles. The molecule has 106 valence electrons. The van der Waals surface area contributed by atoms with Crippen molar-refractivity contribution in [2.45, 2.75) is 58.0 Å².